The second-order valence-corrected chi connectivity index (χ2v) is 16.9. The van der Waals surface area contributed by atoms with Crippen molar-refractivity contribution in [2.24, 2.45) is 46.3 Å². The van der Waals surface area contributed by atoms with Crippen LogP contribution in [0.5, 0.6) is 0 Å². The molecular weight excluding hydrogens is 572 g/mol. The van der Waals surface area contributed by atoms with Gasteiger partial charge in [-0.3, -0.25) is 4.79 Å². The molecule has 3 N–H and O–H groups in total. The number of benzene rings is 1. The van der Waals surface area contributed by atoms with Crippen LogP contribution in [0.4, 0.5) is 5.95 Å². The Bertz CT molecular complexity index is 1460. The molecule has 4 saturated carbocycles. The maximum absolute atomic E-state index is 13.5. The lowest BCUT2D eigenvalue weighted by Gasteiger charge is -2.62. The minimum atomic E-state index is -0.237. The molecule has 248 valence electrons. The summed E-state index contributed by atoms with van der Waals surface area (Å²) in [6, 6.07) is 8.94. The van der Waals surface area contributed by atoms with Crippen molar-refractivity contribution in [2.45, 2.75) is 129 Å². The standard InChI is InChI=1S/C39H54N4O3/c1-23(30-9-10-31-36-32(13-15-39(30,31)3)38(2)14-12-29(44)18-27(38)19-34(36)45)8-11-35(46)43-21-26-20-40-37(42-33(26)22-43)41-28-16-24-6-4-5-7-25(24)17-28/h4-7,20,23,27-32,34,36,44-45H,8-19,21-22H2,1-3H3,(H,40,41,42)/t23-,27+,29-,30-,31+,32+,34+,36+,38+,39-/m1/s1. The summed E-state index contributed by atoms with van der Waals surface area (Å²) in [5.41, 5.74) is 5.36. The molecule has 1 aromatic heterocycles. The normalized spacial score (nSPS) is 38.8. The van der Waals surface area contributed by atoms with Gasteiger partial charge in [0, 0.05) is 30.8 Å². The van der Waals surface area contributed by atoms with Gasteiger partial charge in [-0.2, -0.15) is 0 Å². The number of aliphatic hydroxyl groups is 2. The number of nitrogens with zero attached hydrogens (tertiary/aromatic N) is 3. The van der Waals surface area contributed by atoms with Crippen LogP contribution in [-0.4, -0.2) is 49.2 Å². The maximum atomic E-state index is 13.5. The monoisotopic (exact) mass is 626 g/mol. The summed E-state index contributed by atoms with van der Waals surface area (Å²) >= 11 is 0. The van der Waals surface area contributed by atoms with Crippen LogP contribution in [0.3, 0.4) is 0 Å². The molecule has 0 spiro atoms. The van der Waals surface area contributed by atoms with Crippen LogP contribution in [-0.2, 0) is 30.7 Å². The van der Waals surface area contributed by atoms with Gasteiger partial charge in [-0.25, -0.2) is 9.97 Å². The van der Waals surface area contributed by atoms with Crippen molar-refractivity contribution in [1.82, 2.24) is 14.9 Å². The number of aliphatic hydroxyl groups excluding tert-OH is 2. The number of fused-ring (bicyclic) bond motifs is 7. The summed E-state index contributed by atoms with van der Waals surface area (Å²) in [5.74, 6) is 3.99. The average Bonchev–Trinajstić information content (AvgIpc) is 3.74. The lowest BCUT2D eigenvalue weighted by atomic mass is 9.43. The fraction of sp³-hybridized carbons (Fsp3) is 0.718. The smallest absolute Gasteiger partial charge is 0.223 e. The Morgan fingerprint density at radius 3 is 2.50 bits per heavy atom. The van der Waals surface area contributed by atoms with E-state index in [0.29, 0.717) is 67.0 Å². The summed E-state index contributed by atoms with van der Waals surface area (Å²) in [6.07, 6.45) is 13.6. The van der Waals surface area contributed by atoms with E-state index in [-0.39, 0.29) is 28.9 Å². The topological polar surface area (TPSA) is 98.6 Å². The molecule has 0 bridgehead atoms. The lowest BCUT2D eigenvalue weighted by Crippen LogP contribution is -2.58. The van der Waals surface area contributed by atoms with Gasteiger partial charge in [-0.05, 0) is 128 Å². The van der Waals surface area contributed by atoms with Crippen molar-refractivity contribution < 1.29 is 15.0 Å². The molecule has 0 saturated heterocycles. The van der Waals surface area contributed by atoms with E-state index in [1.165, 1.54) is 36.8 Å². The van der Waals surface area contributed by atoms with E-state index in [1.54, 1.807) is 0 Å². The van der Waals surface area contributed by atoms with E-state index in [2.05, 4.69) is 55.3 Å². The minimum absolute atomic E-state index is 0.187. The number of carbonyl (C=O) groups is 1. The Hall–Kier alpha value is -2.51. The molecule has 1 aromatic carbocycles. The highest BCUT2D eigenvalue weighted by molar-refractivity contribution is 5.76. The number of anilines is 1. The molecular formula is C39H54N4O3. The van der Waals surface area contributed by atoms with Gasteiger partial charge in [0.05, 0.1) is 24.4 Å². The molecule has 4 fully saturated rings. The van der Waals surface area contributed by atoms with Gasteiger partial charge < -0.3 is 20.4 Å². The quantitative estimate of drug-likeness (QED) is 0.348. The SMILES string of the molecule is C[C@H](CCC(=O)N1Cc2cnc(NC3Cc4ccccc4C3)nc2C1)[C@H]1CC[C@H]2[C@@H]3[C@@H](O)C[C@@H]4C[C@H](O)CC[C@]4(C)[C@H]3CC[C@]12C. The van der Waals surface area contributed by atoms with Crippen LogP contribution in [0.1, 0.15) is 107 Å². The van der Waals surface area contributed by atoms with Crippen LogP contribution < -0.4 is 5.32 Å². The number of nitrogens with one attached hydrogen (secondary N) is 1. The van der Waals surface area contributed by atoms with Gasteiger partial charge in [0.1, 0.15) is 0 Å². The first kappa shape index (κ1) is 30.8. The maximum Gasteiger partial charge on any atom is 0.223 e. The van der Waals surface area contributed by atoms with E-state index in [9.17, 15) is 15.0 Å². The van der Waals surface area contributed by atoms with Gasteiger partial charge in [0.2, 0.25) is 11.9 Å². The molecule has 0 unspecified atom stereocenters. The Balaban J connectivity index is 0.866. The van der Waals surface area contributed by atoms with Crippen molar-refractivity contribution >= 4 is 11.9 Å². The van der Waals surface area contributed by atoms with Crippen LogP contribution in [0.25, 0.3) is 0 Å². The van der Waals surface area contributed by atoms with Crippen LogP contribution >= 0.6 is 0 Å². The molecule has 1 aliphatic heterocycles. The van der Waals surface area contributed by atoms with Crippen molar-refractivity contribution in [1.29, 1.82) is 0 Å². The number of hydrogen-bond acceptors (Lipinski definition) is 6. The Kier molecular flexibility index (Phi) is 7.75. The Morgan fingerprint density at radius 1 is 0.978 bits per heavy atom. The fourth-order valence-corrected chi connectivity index (χ4v) is 12.1. The average molecular weight is 627 g/mol. The molecule has 7 heteroatoms. The predicted octanol–water partition coefficient (Wildman–Crippen LogP) is 6.31. The fourth-order valence-electron chi connectivity index (χ4n) is 12.1. The van der Waals surface area contributed by atoms with Gasteiger partial charge in [0.25, 0.3) is 0 Å². The summed E-state index contributed by atoms with van der Waals surface area (Å²) < 4.78 is 0. The number of carbonyl (C=O) groups excluding carboxylic acids is 1. The third-order valence-electron chi connectivity index (χ3n) is 14.6. The Morgan fingerprint density at radius 2 is 1.72 bits per heavy atom. The van der Waals surface area contributed by atoms with Gasteiger partial charge in [0.15, 0.2) is 0 Å². The van der Waals surface area contributed by atoms with Crippen molar-refractivity contribution in [2.75, 3.05) is 5.32 Å². The number of rotatable bonds is 6. The summed E-state index contributed by atoms with van der Waals surface area (Å²) in [6.45, 7) is 8.59. The molecule has 8 rings (SSSR count). The summed E-state index contributed by atoms with van der Waals surface area (Å²) in [5, 5.41) is 25.5. The van der Waals surface area contributed by atoms with Gasteiger partial charge in [-0.15, -0.1) is 0 Å². The number of hydrogen-bond donors (Lipinski definition) is 3. The second kappa shape index (κ2) is 11.6. The predicted molar refractivity (Wildman–Crippen MR) is 179 cm³/mol. The van der Waals surface area contributed by atoms with E-state index < -0.39 is 0 Å². The highest BCUT2D eigenvalue weighted by Gasteiger charge is 2.62. The van der Waals surface area contributed by atoms with Crippen molar-refractivity contribution in [3.05, 3.63) is 52.8 Å². The van der Waals surface area contributed by atoms with Crippen LogP contribution in [0, 0.1) is 46.3 Å². The second-order valence-electron chi connectivity index (χ2n) is 16.9. The highest BCUT2D eigenvalue weighted by Crippen LogP contribution is 2.68. The first-order valence-corrected chi connectivity index (χ1v) is 18.4. The molecule has 5 aliphatic carbocycles. The summed E-state index contributed by atoms with van der Waals surface area (Å²) in [4.78, 5) is 25.0. The zero-order valence-electron chi connectivity index (χ0n) is 28.1. The van der Waals surface area contributed by atoms with Crippen LogP contribution in [0.15, 0.2) is 30.5 Å². The molecule has 2 aromatic rings. The largest absolute Gasteiger partial charge is 0.393 e. The third-order valence-corrected chi connectivity index (χ3v) is 14.6. The van der Waals surface area contributed by atoms with E-state index in [1.807, 2.05) is 11.1 Å². The Labute approximate surface area is 275 Å². The number of aromatic nitrogens is 2. The van der Waals surface area contributed by atoms with E-state index in [0.717, 1.165) is 56.2 Å². The third kappa shape index (κ3) is 5.10. The lowest BCUT2D eigenvalue weighted by molar-refractivity contribution is -0.174. The van der Waals surface area contributed by atoms with E-state index >= 15 is 0 Å². The molecule has 1 amide bonds. The molecule has 10 atom stereocenters. The highest BCUT2D eigenvalue weighted by atomic mass is 16.3. The molecule has 2 heterocycles. The van der Waals surface area contributed by atoms with E-state index in [4.69, 9.17) is 4.98 Å². The van der Waals surface area contributed by atoms with Crippen molar-refractivity contribution in [3.63, 3.8) is 0 Å². The molecule has 0 radical (unpaired) electrons. The van der Waals surface area contributed by atoms with Gasteiger partial charge in [-0.1, -0.05) is 45.0 Å². The number of amides is 1. The first-order chi connectivity index (χ1) is 22.1. The zero-order valence-corrected chi connectivity index (χ0v) is 28.1. The van der Waals surface area contributed by atoms with Gasteiger partial charge >= 0.3 is 0 Å². The molecule has 7 nitrogen and oxygen atoms in total. The first-order valence-electron chi connectivity index (χ1n) is 18.4. The molecule has 6 aliphatic rings. The zero-order chi connectivity index (χ0) is 31.8. The van der Waals surface area contributed by atoms with Crippen molar-refractivity contribution in [3.8, 4) is 0 Å². The molecule has 46 heavy (non-hydrogen) atoms. The summed E-state index contributed by atoms with van der Waals surface area (Å²) in [7, 11) is 0. The minimum Gasteiger partial charge on any atom is -0.393 e. The van der Waals surface area contributed by atoms with Crippen LogP contribution in [0.2, 0.25) is 0 Å².